The second-order valence-corrected chi connectivity index (χ2v) is 8.30. The summed E-state index contributed by atoms with van der Waals surface area (Å²) in [7, 11) is 0. The first kappa shape index (κ1) is 13.2. The highest BCUT2D eigenvalue weighted by atomic mass is 127. The Morgan fingerprint density at radius 2 is 1.78 bits per heavy atom. The molecule has 0 bridgehead atoms. The van der Waals surface area contributed by atoms with E-state index in [4.69, 9.17) is 16.3 Å². The van der Waals surface area contributed by atoms with Gasteiger partial charge in [0, 0.05) is 5.56 Å². The minimum absolute atomic E-state index is 0.208. The van der Waals surface area contributed by atoms with Crippen LogP contribution in [0.15, 0.2) is 24.3 Å². The zero-order valence-electron chi connectivity index (χ0n) is 10.6. The number of alkyl halides is 2. The first-order chi connectivity index (χ1) is 8.54. The fraction of sp³-hybridized carbons (Fsp3) is 0.600. The molecule has 1 aromatic rings. The molecule has 1 fully saturated rings. The van der Waals surface area contributed by atoms with Crippen molar-refractivity contribution in [3.05, 3.63) is 35.4 Å². The molecule has 0 spiro atoms. The summed E-state index contributed by atoms with van der Waals surface area (Å²) in [6, 6.07) is 8.43. The Morgan fingerprint density at radius 1 is 1.17 bits per heavy atom. The summed E-state index contributed by atoms with van der Waals surface area (Å²) in [6.45, 7) is 2.23. The van der Waals surface area contributed by atoms with Gasteiger partial charge in [-0.1, -0.05) is 55.1 Å². The van der Waals surface area contributed by atoms with Gasteiger partial charge in [0.25, 0.3) is 0 Å². The standard InChI is InChI=1S/C15H18ClIO/c1-14(11-7-3-2-4-8-11)12-9-5-6-10-13(12)15(16,17)18-14/h5-6,9-11H,2-4,7-8H2,1H3. The fourth-order valence-electron chi connectivity index (χ4n) is 3.50. The van der Waals surface area contributed by atoms with E-state index in [2.05, 4.69) is 47.7 Å². The minimum atomic E-state index is -0.694. The number of ether oxygens (including phenoxy) is 1. The Morgan fingerprint density at radius 3 is 2.44 bits per heavy atom. The van der Waals surface area contributed by atoms with Gasteiger partial charge in [-0.2, -0.15) is 0 Å². The normalized spacial score (nSPS) is 36.6. The molecule has 2 unspecified atom stereocenters. The number of fused-ring (bicyclic) bond motifs is 1. The van der Waals surface area contributed by atoms with Gasteiger partial charge >= 0.3 is 0 Å². The number of hydrogen-bond donors (Lipinski definition) is 0. The average Bonchev–Trinajstić information content (AvgIpc) is 2.60. The molecule has 0 N–H and O–H groups in total. The molecule has 1 heterocycles. The molecular weight excluding hydrogens is 359 g/mol. The van der Waals surface area contributed by atoms with Crippen molar-refractivity contribution in [3.8, 4) is 0 Å². The molecule has 0 saturated heterocycles. The van der Waals surface area contributed by atoms with Gasteiger partial charge in [0.2, 0.25) is 3.07 Å². The summed E-state index contributed by atoms with van der Waals surface area (Å²) in [5.74, 6) is 0.600. The third kappa shape index (κ3) is 2.01. The SMILES string of the molecule is CC1(C2CCCCC2)OC(Cl)(I)c2ccccc21. The molecule has 1 aliphatic heterocycles. The van der Waals surface area contributed by atoms with Gasteiger partial charge in [-0.3, -0.25) is 0 Å². The van der Waals surface area contributed by atoms with Crippen LogP contribution in [-0.4, -0.2) is 0 Å². The van der Waals surface area contributed by atoms with Crippen LogP contribution in [0.5, 0.6) is 0 Å². The van der Waals surface area contributed by atoms with Crippen molar-refractivity contribution in [2.24, 2.45) is 5.92 Å². The molecule has 3 heteroatoms. The van der Waals surface area contributed by atoms with E-state index in [1.54, 1.807) is 0 Å². The second-order valence-electron chi connectivity index (χ2n) is 5.61. The maximum absolute atomic E-state index is 6.57. The lowest BCUT2D eigenvalue weighted by atomic mass is 9.74. The van der Waals surface area contributed by atoms with E-state index in [1.165, 1.54) is 37.7 Å². The zero-order chi connectivity index (χ0) is 12.8. The zero-order valence-corrected chi connectivity index (χ0v) is 13.5. The molecule has 18 heavy (non-hydrogen) atoms. The topological polar surface area (TPSA) is 9.23 Å². The Balaban J connectivity index is 2.03. The Labute approximate surface area is 127 Å². The summed E-state index contributed by atoms with van der Waals surface area (Å²) in [5, 5.41) is 0. The lowest BCUT2D eigenvalue weighted by Crippen LogP contribution is -2.34. The van der Waals surface area contributed by atoms with E-state index in [0.29, 0.717) is 5.92 Å². The summed E-state index contributed by atoms with van der Waals surface area (Å²) in [6.07, 6.45) is 6.53. The van der Waals surface area contributed by atoms with Crippen molar-refractivity contribution in [1.29, 1.82) is 0 Å². The van der Waals surface area contributed by atoms with E-state index >= 15 is 0 Å². The van der Waals surface area contributed by atoms with Gasteiger partial charge in [-0.15, -0.1) is 0 Å². The van der Waals surface area contributed by atoms with Crippen LogP contribution in [0.25, 0.3) is 0 Å². The van der Waals surface area contributed by atoms with Gasteiger partial charge in [-0.05, 0) is 53.8 Å². The highest BCUT2D eigenvalue weighted by Gasteiger charge is 2.52. The van der Waals surface area contributed by atoms with Crippen molar-refractivity contribution >= 4 is 34.2 Å². The third-order valence-corrected chi connectivity index (χ3v) is 5.58. The summed E-state index contributed by atoms with van der Waals surface area (Å²) in [4.78, 5) is 0. The van der Waals surface area contributed by atoms with Crippen LogP contribution in [-0.2, 0) is 13.4 Å². The van der Waals surface area contributed by atoms with Crippen molar-refractivity contribution in [2.75, 3.05) is 0 Å². The quantitative estimate of drug-likeness (QED) is 0.477. The fourth-order valence-corrected chi connectivity index (χ4v) is 4.76. The van der Waals surface area contributed by atoms with Crippen molar-refractivity contribution in [2.45, 2.75) is 47.7 Å². The van der Waals surface area contributed by atoms with Crippen LogP contribution < -0.4 is 0 Å². The van der Waals surface area contributed by atoms with Crippen LogP contribution in [0.3, 0.4) is 0 Å². The smallest absolute Gasteiger partial charge is 0.220 e. The van der Waals surface area contributed by atoms with Crippen LogP contribution in [0.1, 0.15) is 50.2 Å². The molecule has 1 aliphatic carbocycles. The molecule has 1 aromatic carbocycles. The molecule has 1 nitrogen and oxygen atoms in total. The van der Waals surface area contributed by atoms with Gasteiger partial charge in [-0.25, -0.2) is 0 Å². The highest BCUT2D eigenvalue weighted by molar-refractivity contribution is 14.1. The first-order valence-corrected chi connectivity index (χ1v) is 8.18. The number of halogens is 2. The van der Waals surface area contributed by atoms with Gasteiger partial charge in [0.1, 0.15) is 0 Å². The van der Waals surface area contributed by atoms with E-state index < -0.39 is 3.07 Å². The maximum atomic E-state index is 6.57. The van der Waals surface area contributed by atoms with E-state index in [0.717, 1.165) is 5.56 Å². The second kappa shape index (κ2) is 4.64. The van der Waals surface area contributed by atoms with Crippen LogP contribution in [0.4, 0.5) is 0 Å². The monoisotopic (exact) mass is 376 g/mol. The summed E-state index contributed by atoms with van der Waals surface area (Å²) >= 11 is 8.79. The lowest BCUT2D eigenvalue weighted by Gasteiger charge is -2.37. The van der Waals surface area contributed by atoms with Crippen LogP contribution in [0.2, 0.25) is 0 Å². The molecule has 2 atom stereocenters. The summed E-state index contributed by atoms with van der Waals surface area (Å²) < 4.78 is 5.60. The average molecular weight is 377 g/mol. The molecule has 2 aliphatic rings. The molecule has 3 rings (SSSR count). The van der Waals surface area contributed by atoms with Crippen molar-refractivity contribution < 1.29 is 4.74 Å². The van der Waals surface area contributed by atoms with E-state index in [-0.39, 0.29) is 5.60 Å². The number of rotatable bonds is 1. The molecule has 0 aromatic heterocycles. The molecule has 98 valence electrons. The predicted octanol–water partition coefficient (Wildman–Crippen LogP) is 5.30. The summed E-state index contributed by atoms with van der Waals surface area (Å²) in [5.41, 5.74) is 2.22. The van der Waals surface area contributed by atoms with Crippen LogP contribution in [0, 0.1) is 5.92 Å². The van der Waals surface area contributed by atoms with Gasteiger partial charge < -0.3 is 4.74 Å². The van der Waals surface area contributed by atoms with E-state index in [1.807, 2.05) is 6.07 Å². The molecule has 0 radical (unpaired) electrons. The van der Waals surface area contributed by atoms with Gasteiger partial charge in [0.15, 0.2) is 0 Å². The third-order valence-electron chi connectivity index (χ3n) is 4.50. The lowest BCUT2D eigenvalue weighted by molar-refractivity contribution is -0.0906. The maximum Gasteiger partial charge on any atom is 0.220 e. The highest BCUT2D eigenvalue weighted by Crippen LogP contribution is 2.57. The van der Waals surface area contributed by atoms with E-state index in [9.17, 15) is 0 Å². The first-order valence-electron chi connectivity index (χ1n) is 6.72. The van der Waals surface area contributed by atoms with Gasteiger partial charge in [0.05, 0.1) is 5.60 Å². The Bertz CT molecular complexity index is 454. The van der Waals surface area contributed by atoms with Crippen LogP contribution >= 0.6 is 34.2 Å². The minimum Gasteiger partial charge on any atom is -0.336 e. The molecular formula is C15H18ClIO. The number of hydrogen-bond acceptors (Lipinski definition) is 1. The Kier molecular flexibility index (Phi) is 3.40. The number of benzene rings is 1. The molecule has 1 saturated carbocycles. The van der Waals surface area contributed by atoms with Crippen molar-refractivity contribution in [1.82, 2.24) is 0 Å². The largest absolute Gasteiger partial charge is 0.336 e. The predicted molar refractivity (Wildman–Crippen MR) is 83.0 cm³/mol. The molecule has 0 amide bonds. The van der Waals surface area contributed by atoms with Crippen molar-refractivity contribution in [3.63, 3.8) is 0 Å². The Hall–Kier alpha value is 0.200.